The number of aryl methyl sites for hydroxylation is 1. The summed E-state index contributed by atoms with van der Waals surface area (Å²) in [6.45, 7) is 16.2. The fraction of sp³-hybridized carbons (Fsp3) is 0.153. The topological polar surface area (TPSA) is 32.8 Å². The zero-order chi connectivity index (χ0) is 44.8. The summed E-state index contributed by atoms with van der Waals surface area (Å²) in [5.41, 5.74) is 18.7. The third-order valence-electron chi connectivity index (χ3n) is 13.9. The molecule has 0 bridgehead atoms. The Labute approximate surface area is 393 Å². The second kappa shape index (κ2) is 14.1. The van der Waals surface area contributed by atoms with Crippen LogP contribution in [-0.2, 0) is 10.8 Å². The van der Waals surface area contributed by atoms with Crippen LogP contribution in [0.3, 0.4) is 0 Å². The molecule has 2 aliphatic heterocycles. The van der Waals surface area contributed by atoms with E-state index in [0.29, 0.717) is 0 Å². The quantitative estimate of drug-likeness (QED) is 0.165. The molecule has 7 aromatic carbocycles. The van der Waals surface area contributed by atoms with Gasteiger partial charge in [0.05, 0.1) is 23.9 Å². The van der Waals surface area contributed by atoms with Crippen molar-refractivity contribution in [1.29, 1.82) is 0 Å². The molecule has 0 N–H and O–H groups in total. The molecule has 0 spiro atoms. The Morgan fingerprint density at radius 3 is 1.38 bits per heavy atom. The van der Waals surface area contributed by atoms with Gasteiger partial charge in [-0.2, -0.15) is 0 Å². The fourth-order valence-electron chi connectivity index (χ4n) is 10.6. The van der Waals surface area contributed by atoms with E-state index in [1.165, 1.54) is 74.6 Å². The van der Waals surface area contributed by atoms with Gasteiger partial charge in [-0.25, -0.2) is 0 Å². The molecule has 0 aliphatic carbocycles. The van der Waals surface area contributed by atoms with Crippen molar-refractivity contribution in [3.8, 4) is 22.3 Å². The standard InChI is InChI=1S/C59H47BN2O2S2/c1-34-26-47-53-48(27-34)62(40-17-13-15-36(29-40)46-33-64-50-21-11-9-19-42(46)50)55-44-31-38(59(5,6)7)23-25-52(44)66-57(55)60(53)56-54(43-30-37(58(2,3)4)22-24-51(43)65-56)61(47)39-16-12-14-35(28-39)45-32-63-49-20-10-8-18-41(45)49/h8-33H,1-7H3. The molecule has 0 saturated carbocycles. The second-order valence-electron chi connectivity index (χ2n) is 20.3. The van der Waals surface area contributed by atoms with Gasteiger partial charge >= 0.3 is 0 Å². The highest BCUT2D eigenvalue weighted by atomic mass is 32.1. The summed E-state index contributed by atoms with van der Waals surface area (Å²) >= 11 is 3.93. The number of furan rings is 2. The number of benzene rings is 7. The van der Waals surface area contributed by atoms with Crippen LogP contribution in [0.2, 0.25) is 0 Å². The zero-order valence-electron chi connectivity index (χ0n) is 38.1. The molecule has 13 rings (SSSR count). The predicted molar refractivity (Wildman–Crippen MR) is 284 cm³/mol. The van der Waals surface area contributed by atoms with Gasteiger partial charge in [0, 0.05) is 74.4 Å². The van der Waals surface area contributed by atoms with E-state index in [1.54, 1.807) is 0 Å². The average Bonchev–Trinajstić information content (AvgIpc) is 4.11. The van der Waals surface area contributed by atoms with Gasteiger partial charge in [0.25, 0.3) is 6.71 Å². The Hall–Kier alpha value is -6.80. The Bertz CT molecular complexity index is 3550. The monoisotopic (exact) mass is 890 g/mol. The molecule has 0 atom stereocenters. The molecule has 320 valence electrons. The molecule has 66 heavy (non-hydrogen) atoms. The molecule has 0 unspecified atom stereocenters. The second-order valence-corrected chi connectivity index (χ2v) is 22.4. The third kappa shape index (κ3) is 5.89. The minimum absolute atomic E-state index is 0.0154. The van der Waals surface area contributed by atoms with Crippen LogP contribution in [0.1, 0.15) is 58.2 Å². The van der Waals surface area contributed by atoms with Crippen molar-refractivity contribution in [2.45, 2.75) is 59.3 Å². The molecule has 11 aromatic rings. The Morgan fingerprint density at radius 1 is 0.470 bits per heavy atom. The lowest BCUT2D eigenvalue weighted by Gasteiger charge is -2.42. The molecule has 4 nitrogen and oxygen atoms in total. The van der Waals surface area contributed by atoms with Gasteiger partial charge in [0.1, 0.15) is 11.2 Å². The number of nitrogens with zero attached hydrogens (tertiary/aromatic N) is 2. The van der Waals surface area contributed by atoms with Gasteiger partial charge < -0.3 is 18.6 Å². The molecule has 0 amide bonds. The number of thiophene rings is 2. The summed E-state index contributed by atoms with van der Waals surface area (Å²) in [7, 11) is 0. The van der Waals surface area contributed by atoms with E-state index in [2.05, 4.69) is 180 Å². The van der Waals surface area contributed by atoms with E-state index in [1.807, 2.05) is 59.5 Å². The molecule has 0 fully saturated rings. The lowest BCUT2D eigenvalue weighted by molar-refractivity contribution is 0.591. The first-order valence-corrected chi connectivity index (χ1v) is 24.5. The van der Waals surface area contributed by atoms with Gasteiger partial charge in [0.15, 0.2) is 0 Å². The maximum atomic E-state index is 6.13. The molecule has 4 aromatic heterocycles. The van der Waals surface area contributed by atoms with Crippen LogP contribution >= 0.6 is 22.7 Å². The Kier molecular flexibility index (Phi) is 8.45. The molecule has 0 radical (unpaired) electrons. The number of para-hydroxylation sites is 2. The lowest BCUT2D eigenvalue weighted by atomic mass is 9.39. The predicted octanol–water partition coefficient (Wildman–Crippen LogP) is 15.9. The summed E-state index contributed by atoms with van der Waals surface area (Å²) < 4.78 is 17.6. The molecular formula is C59H47BN2O2S2. The first-order valence-electron chi connectivity index (χ1n) is 22.9. The normalized spacial score (nSPS) is 13.6. The largest absolute Gasteiger partial charge is 0.464 e. The maximum absolute atomic E-state index is 6.13. The number of rotatable bonds is 4. The SMILES string of the molecule is Cc1cc2c3c(c1)N(c1cccc(-c4coc5ccccc45)c1)c1c(sc4ccc(C(C)(C)C)cc14)B3c1sc3ccc(C(C)(C)C)cc3c1N2c1cccc(-c2coc3ccccc23)c1. The van der Waals surface area contributed by atoms with Crippen LogP contribution in [-0.4, -0.2) is 6.71 Å². The van der Waals surface area contributed by atoms with Crippen LogP contribution in [0.25, 0.3) is 64.4 Å². The number of hydrogen-bond acceptors (Lipinski definition) is 6. The molecular weight excluding hydrogens is 844 g/mol. The number of anilines is 6. The van der Waals surface area contributed by atoms with Crippen molar-refractivity contribution in [3.05, 3.63) is 175 Å². The van der Waals surface area contributed by atoms with Gasteiger partial charge in [0.2, 0.25) is 0 Å². The van der Waals surface area contributed by atoms with Crippen LogP contribution < -0.4 is 24.8 Å². The van der Waals surface area contributed by atoms with Crippen molar-refractivity contribution in [3.63, 3.8) is 0 Å². The molecule has 7 heteroatoms. The van der Waals surface area contributed by atoms with E-state index < -0.39 is 0 Å². The first-order chi connectivity index (χ1) is 31.9. The summed E-state index contributed by atoms with van der Waals surface area (Å²) in [6.07, 6.45) is 3.83. The first kappa shape index (κ1) is 39.6. The highest BCUT2D eigenvalue weighted by Gasteiger charge is 2.47. The maximum Gasteiger partial charge on any atom is 0.277 e. The number of fused-ring (bicyclic) bond motifs is 10. The minimum Gasteiger partial charge on any atom is -0.464 e. The van der Waals surface area contributed by atoms with Crippen molar-refractivity contribution < 1.29 is 8.83 Å². The lowest BCUT2D eigenvalue weighted by Crippen LogP contribution is -2.59. The summed E-state index contributed by atoms with van der Waals surface area (Å²) in [6, 6.07) is 54.2. The van der Waals surface area contributed by atoms with Crippen molar-refractivity contribution in [2.24, 2.45) is 0 Å². The van der Waals surface area contributed by atoms with E-state index in [0.717, 1.165) is 55.6 Å². The van der Waals surface area contributed by atoms with E-state index in [9.17, 15) is 0 Å². The van der Waals surface area contributed by atoms with Crippen molar-refractivity contribution in [2.75, 3.05) is 9.80 Å². The Balaban J connectivity index is 1.12. The average molecular weight is 891 g/mol. The van der Waals surface area contributed by atoms with Crippen molar-refractivity contribution in [1.82, 2.24) is 0 Å². The summed E-state index contributed by atoms with van der Waals surface area (Å²) in [4.78, 5) is 5.19. The van der Waals surface area contributed by atoms with Crippen LogP contribution in [0.4, 0.5) is 34.1 Å². The zero-order valence-corrected chi connectivity index (χ0v) is 39.7. The van der Waals surface area contributed by atoms with Crippen LogP contribution in [0, 0.1) is 6.92 Å². The van der Waals surface area contributed by atoms with Gasteiger partial charge in [-0.1, -0.05) is 114 Å². The molecule has 0 saturated heterocycles. The highest BCUT2D eigenvalue weighted by molar-refractivity contribution is 7.40. The minimum atomic E-state index is -0.0154. The number of hydrogen-bond donors (Lipinski definition) is 0. The Morgan fingerprint density at radius 2 is 0.924 bits per heavy atom. The van der Waals surface area contributed by atoms with Gasteiger partial charge in [-0.05, 0) is 124 Å². The molecule has 2 aliphatic rings. The smallest absolute Gasteiger partial charge is 0.277 e. The van der Waals surface area contributed by atoms with Crippen molar-refractivity contribution >= 4 is 121 Å². The van der Waals surface area contributed by atoms with Gasteiger partial charge in [-0.15, -0.1) is 22.7 Å². The van der Waals surface area contributed by atoms with E-state index in [4.69, 9.17) is 8.83 Å². The van der Waals surface area contributed by atoms with E-state index in [-0.39, 0.29) is 17.5 Å². The van der Waals surface area contributed by atoms with Gasteiger partial charge in [-0.3, -0.25) is 0 Å². The van der Waals surface area contributed by atoms with Crippen LogP contribution in [0.5, 0.6) is 0 Å². The summed E-state index contributed by atoms with van der Waals surface area (Å²) in [5, 5.41) is 4.84. The van der Waals surface area contributed by atoms with E-state index >= 15 is 0 Å². The molecule has 6 heterocycles. The fourth-order valence-corrected chi connectivity index (χ4v) is 13.3. The summed E-state index contributed by atoms with van der Waals surface area (Å²) in [5.74, 6) is 0. The van der Waals surface area contributed by atoms with Crippen LogP contribution in [0.15, 0.2) is 167 Å². The third-order valence-corrected chi connectivity index (χ3v) is 16.4. The highest BCUT2D eigenvalue weighted by Crippen LogP contribution is 2.52.